The van der Waals surface area contributed by atoms with Gasteiger partial charge >= 0.3 is 6.09 Å². The van der Waals surface area contributed by atoms with Gasteiger partial charge in [-0.15, -0.1) is 0 Å². The van der Waals surface area contributed by atoms with Crippen LogP contribution in [0.3, 0.4) is 0 Å². The number of rotatable bonds is 2. The fraction of sp³-hybridized carbons (Fsp3) is 0.562. The van der Waals surface area contributed by atoms with Crippen molar-refractivity contribution < 1.29 is 14.3 Å². The minimum absolute atomic E-state index is 0.295. The number of nitrogens with zero attached hydrogens (tertiary/aromatic N) is 2. The van der Waals surface area contributed by atoms with E-state index in [1.165, 1.54) is 0 Å². The summed E-state index contributed by atoms with van der Waals surface area (Å²) < 4.78 is 10.8. The summed E-state index contributed by atoms with van der Waals surface area (Å²) in [7, 11) is 1.55. The number of halogens is 3. The topological polar surface area (TPSA) is 42.0 Å². The molecule has 0 bridgehead atoms. The summed E-state index contributed by atoms with van der Waals surface area (Å²) >= 11 is 18.6. The zero-order valence-corrected chi connectivity index (χ0v) is 16.4. The highest BCUT2D eigenvalue weighted by Crippen LogP contribution is 2.44. The highest BCUT2D eigenvalue weighted by atomic mass is 35.5. The fourth-order valence-corrected chi connectivity index (χ4v) is 3.15. The molecule has 1 fully saturated rings. The molecule has 0 aromatic heterocycles. The molecule has 2 rings (SSSR count). The Morgan fingerprint density at radius 3 is 2.17 bits per heavy atom. The van der Waals surface area contributed by atoms with Gasteiger partial charge in [-0.1, -0.05) is 34.8 Å². The maximum atomic E-state index is 12.1. The molecule has 1 aromatic carbocycles. The third-order valence-electron chi connectivity index (χ3n) is 3.57. The van der Waals surface area contributed by atoms with Crippen LogP contribution in [-0.2, 0) is 4.74 Å². The van der Waals surface area contributed by atoms with Crippen molar-refractivity contribution in [1.29, 1.82) is 0 Å². The number of hydrogen-bond donors (Lipinski definition) is 0. The second-order valence-corrected chi connectivity index (χ2v) is 7.65. The molecule has 24 heavy (non-hydrogen) atoms. The van der Waals surface area contributed by atoms with E-state index >= 15 is 0 Å². The van der Waals surface area contributed by atoms with Gasteiger partial charge in [-0.3, -0.25) is 0 Å². The number of amides is 1. The van der Waals surface area contributed by atoms with Crippen molar-refractivity contribution in [2.75, 3.05) is 38.2 Å². The number of carbonyl (C=O) groups is 1. The SMILES string of the molecule is COc1cc(Cl)c(Cl)c(Cl)c1N1CCN(C(=O)OC(C)(C)C)CC1. The second kappa shape index (κ2) is 7.46. The average Bonchev–Trinajstić information content (AvgIpc) is 2.51. The Morgan fingerprint density at radius 2 is 1.67 bits per heavy atom. The van der Waals surface area contributed by atoms with Crippen LogP contribution in [0.25, 0.3) is 0 Å². The van der Waals surface area contributed by atoms with Crippen LogP contribution < -0.4 is 9.64 Å². The lowest BCUT2D eigenvalue weighted by Gasteiger charge is -2.37. The molecular weight excluding hydrogens is 375 g/mol. The zero-order chi connectivity index (χ0) is 18.1. The van der Waals surface area contributed by atoms with Crippen molar-refractivity contribution in [3.63, 3.8) is 0 Å². The molecule has 1 heterocycles. The van der Waals surface area contributed by atoms with E-state index in [9.17, 15) is 4.79 Å². The molecule has 0 aliphatic carbocycles. The van der Waals surface area contributed by atoms with E-state index in [0.717, 1.165) is 0 Å². The minimum Gasteiger partial charge on any atom is -0.494 e. The third-order valence-corrected chi connectivity index (χ3v) is 4.82. The van der Waals surface area contributed by atoms with Crippen molar-refractivity contribution in [3.05, 3.63) is 21.1 Å². The lowest BCUT2D eigenvalue weighted by molar-refractivity contribution is 0.0240. The first-order valence-electron chi connectivity index (χ1n) is 7.58. The molecule has 5 nitrogen and oxygen atoms in total. The number of ether oxygens (including phenoxy) is 2. The van der Waals surface area contributed by atoms with Crippen LogP contribution in [0.15, 0.2) is 6.07 Å². The molecule has 0 unspecified atom stereocenters. The van der Waals surface area contributed by atoms with Crippen LogP contribution in [0.1, 0.15) is 20.8 Å². The maximum absolute atomic E-state index is 12.1. The summed E-state index contributed by atoms with van der Waals surface area (Å²) in [4.78, 5) is 15.9. The van der Waals surface area contributed by atoms with Crippen LogP contribution in [0.5, 0.6) is 5.75 Å². The van der Waals surface area contributed by atoms with Gasteiger partial charge < -0.3 is 19.3 Å². The highest BCUT2D eigenvalue weighted by Gasteiger charge is 2.28. The molecule has 0 saturated carbocycles. The molecule has 0 atom stereocenters. The Bertz CT molecular complexity index is 624. The summed E-state index contributed by atoms with van der Waals surface area (Å²) in [6.45, 7) is 7.77. The Kier molecular flexibility index (Phi) is 6.00. The summed E-state index contributed by atoms with van der Waals surface area (Å²) in [5, 5.41) is 0.991. The van der Waals surface area contributed by atoms with Crippen molar-refractivity contribution in [2.45, 2.75) is 26.4 Å². The fourth-order valence-electron chi connectivity index (χ4n) is 2.45. The van der Waals surface area contributed by atoms with Gasteiger partial charge in [0.2, 0.25) is 0 Å². The van der Waals surface area contributed by atoms with Crippen molar-refractivity contribution in [2.24, 2.45) is 0 Å². The van der Waals surface area contributed by atoms with Gasteiger partial charge in [0.15, 0.2) is 0 Å². The lowest BCUT2D eigenvalue weighted by atomic mass is 10.2. The monoisotopic (exact) mass is 394 g/mol. The maximum Gasteiger partial charge on any atom is 0.410 e. The predicted octanol–water partition coefficient (Wildman–Crippen LogP) is 4.71. The van der Waals surface area contributed by atoms with E-state index in [-0.39, 0.29) is 6.09 Å². The number of carbonyl (C=O) groups excluding carboxylic acids is 1. The van der Waals surface area contributed by atoms with Crippen LogP contribution in [0, 0.1) is 0 Å². The van der Waals surface area contributed by atoms with Crippen LogP contribution in [0.2, 0.25) is 15.1 Å². The quantitative estimate of drug-likeness (QED) is 0.680. The minimum atomic E-state index is -0.509. The van der Waals surface area contributed by atoms with E-state index in [2.05, 4.69) is 0 Å². The first-order valence-corrected chi connectivity index (χ1v) is 8.72. The average molecular weight is 396 g/mol. The number of anilines is 1. The molecule has 1 amide bonds. The van der Waals surface area contributed by atoms with E-state index < -0.39 is 5.60 Å². The van der Waals surface area contributed by atoms with E-state index in [4.69, 9.17) is 44.3 Å². The number of benzene rings is 1. The number of piperazine rings is 1. The van der Waals surface area contributed by atoms with Gasteiger partial charge in [0.05, 0.1) is 22.2 Å². The Morgan fingerprint density at radius 1 is 1.08 bits per heavy atom. The van der Waals surface area contributed by atoms with Crippen molar-refractivity contribution >= 4 is 46.6 Å². The molecule has 8 heteroatoms. The largest absolute Gasteiger partial charge is 0.494 e. The second-order valence-electron chi connectivity index (χ2n) is 6.49. The summed E-state index contributed by atoms with van der Waals surface area (Å²) in [6.07, 6.45) is -0.311. The Hall–Kier alpha value is -1.04. The molecule has 134 valence electrons. The predicted molar refractivity (Wildman–Crippen MR) is 98.0 cm³/mol. The first kappa shape index (κ1) is 19.3. The van der Waals surface area contributed by atoms with Crippen molar-refractivity contribution in [1.82, 2.24) is 4.90 Å². The molecule has 1 aliphatic rings. The molecule has 0 spiro atoms. The summed E-state index contributed by atoms with van der Waals surface area (Å²) in [5.74, 6) is 0.556. The van der Waals surface area contributed by atoms with Gasteiger partial charge in [-0.2, -0.15) is 0 Å². The first-order chi connectivity index (χ1) is 11.1. The smallest absolute Gasteiger partial charge is 0.410 e. The number of hydrogen-bond acceptors (Lipinski definition) is 4. The van der Waals surface area contributed by atoms with Crippen LogP contribution >= 0.6 is 34.8 Å². The van der Waals surface area contributed by atoms with E-state index in [1.54, 1.807) is 18.1 Å². The van der Waals surface area contributed by atoms with E-state index in [0.29, 0.717) is 52.7 Å². The standard InChI is InChI=1S/C16H21Cl3N2O3/c1-16(2,3)24-15(22)21-7-5-20(6-8-21)14-11(23-4)9-10(17)12(18)13(14)19/h9H,5-8H2,1-4H3. The molecular formula is C16H21Cl3N2O3. The number of methoxy groups -OCH3 is 1. The molecule has 1 saturated heterocycles. The van der Waals surface area contributed by atoms with Gasteiger partial charge in [-0.25, -0.2) is 4.79 Å². The van der Waals surface area contributed by atoms with Crippen LogP contribution in [0.4, 0.5) is 10.5 Å². The third kappa shape index (κ3) is 4.32. The summed E-state index contributed by atoms with van der Waals surface area (Å²) in [6, 6.07) is 1.64. The van der Waals surface area contributed by atoms with E-state index in [1.807, 2.05) is 25.7 Å². The van der Waals surface area contributed by atoms with Gasteiger partial charge in [0.1, 0.15) is 17.0 Å². The lowest BCUT2D eigenvalue weighted by Crippen LogP contribution is -2.50. The molecule has 1 aromatic rings. The van der Waals surface area contributed by atoms with Gasteiger partial charge in [0.25, 0.3) is 0 Å². The summed E-state index contributed by atoms with van der Waals surface area (Å²) in [5.41, 5.74) is 0.183. The zero-order valence-electron chi connectivity index (χ0n) is 14.2. The normalized spacial score (nSPS) is 15.5. The Labute approximate surface area is 157 Å². The Balaban J connectivity index is 2.13. The van der Waals surface area contributed by atoms with Crippen molar-refractivity contribution in [3.8, 4) is 5.75 Å². The van der Waals surface area contributed by atoms with Gasteiger partial charge in [-0.05, 0) is 20.8 Å². The molecule has 0 radical (unpaired) electrons. The highest BCUT2D eigenvalue weighted by molar-refractivity contribution is 6.49. The molecule has 0 N–H and O–H groups in total. The molecule has 1 aliphatic heterocycles. The van der Waals surface area contributed by atoms with Gasteiger partial charge in [0, 0.05) is 32.2 Å². The van der Waals surface area contributed by atoms with Crippen LogP contribution in [-0.4, -0.2) is 49.9 Å².